The maximum atomic E-state index is 12.5. The van der Waals surface area contributed by atoms with Crippen LogP contribution in [0.4, 0.5) is 5.69 Å². The van der Waals surface area contributed by atoms with Crippen molar-refractivity contribution in [1.82, 2.24) is 5.32 Å². The Bertz CT molecular complexity index is 640. The van der Waals surface area contributed by atoms with Crippen molar-refractivity contribution in [2.75, 3.05) is 44.3 Å². The number of methoxy groups -OCH3 is 2. The maximum Gasteiger partial charge on any atom is 0.227 e. The number of carbonyl (C=O) groups excluding carboxylic acids is 2. The normalized spacial score (nSPS) is 17.9. The number of anilines is 1. The Labute approximate surface area is 158 Å². The molecule has 0 spiro atoms. The molecule has 8 heteroatoms. The van der Waals surface area contributed by atoms with Crippen LogP contribution in [-0.2, 0) is 9.59 Å². The van der Waals surface area contributed by atoms with Crippen molar-refractivity contribution >= 4 is 29.3 Å². The van der Waals surface area contributed by atoms with Gasteiger partial charge < -0.3 is 24.8 Å². The molecule has 2 N–H and O–H groups in total. The zero-order valence-corrected chi connectivity index (χ0v) is 16.2. The molecule has 0 aliphatic carbocycles. The summed E-state index contributed by atoms with van der Waals surface area (Å²) in [7, 11) is 3.09. The minimum Gasteiger partial charge on any atom is -0.497 e. The second-order valence-corrected chi connectivity index (χ2v) is 7.10. The fraction of sp³-hybridized carbons (Fsp3) is 0.556. The summed E-state index contributed by atoms with van der Waals surface area (Å²) in [5.74, 6) is 1.23. The predicted molar refractivity (Wildman–Crippen MR) is 102 cm³/mol. The molecule has 1 saturated heterocycles. The van der Waals surface area contributed by atoms with Crippen LogP contribution in [0.5, 0.6) is 11.5 Å². The minimum absolute atomic E-state index is 0.108. The molecule has 0 bridgehead atoms. The van der Waals surface area contributed by atoms with Gasteiger partial charge in [0.1, 0.15) is 11.5 Å². The van der Waals surface area contributed by atoms with Crippen LogP contribution in [0.3, 0.4) is 0 Å². The van der Waals surface area contributed by atoms with E-state index >= 15 is 0 Å². The van der Waals surface area contributed by atoms with E-state index in [1.807, 2.05) is 6.26 Å². The molecule has 7 nitrogen and oxygen atoms in total. The standard InChI is InChI=1S/C18H26N2O5S/c1-24-14-4-5-15(16(9-14)25-2)20-10-12(8-17(20)22)18(23)19-13(11-21)6-7-26-3/h4-5,9,12-13,21H,6-8,10-11H2,1-3H3,(H,19,23)/t12-,13-/m1/s1. The predicted octanol–water partition coefficient (Wildman–Crippen LogP) is 1.29. The largest absolute Gasteiger partial charge is 0.497 e. The molecule has 1 aromatic carbocycles. The van der Waals surface area contributed by atoms with Gasteiger partial charge in [-0.05, 0) is 30.6 Å². The highest BCUT2D eigenvalue weighted by molar-refractivity contribution is 7.98. The smallest absolute Gasteiger partial charge is 0.227 e. The number of thioether (sulfide) groups is 1. The maximum absolute atomic E-state index is 12.5. The highest BCUT2D eigenvalue weighted by Gasteiger charge is 2.36. The molecular formula is C18H26N2O5S. The molecule has 2 rings (SSSR count). The van der Waals surface area contributed by atoms with Gasteiger partial charge in [-0.2, -0.15) is 11.8 Å². The van der Waals surface area contributed by atoms with Crippen LogP contribution in [0.2, 0.25) is 0 Å². The van der Waals surface area contributed by atoms with Gasteiger partial charge in [-0.1, -0.05) is 0 Å². The molecule has 1 aliphatic heterocycles. The lowest BCUT2D eigenvalue weighted by Crippen LogP contribution is -2.42. The van der Waals surface area contributed by atoms with Gasteiger partial charge in [-0.3, -0.25) is 9.59 Å². The Hall–Kier alpha value is -1.93. The van der Waals surface area contributed by atoms with E-state index in [4.69, 9.17) is 9.47 Å². The van der Waals surface area contributed by atoms with E-state index in [2.05, 4.69) is 5.32 Å². The average Bonchev–Trinajstić information content (AvgIpc) is 3.05. The molecule has 0 saturated carbocycles. The molecule has 0 aromatic heterocycles. The molecule has 26 heavy (non-hydrogen) atoms. The van der Waals surface area contributed by atoms with Gasteiger partial charge in [-0.15, -0.1) is 0 Å². The SMILES string of the molecule is COc1ccc(N2C[C@H](C(=O)N[C@@H](CO)CCSC)CC2=O)c(OC)c1. The summed E-state index contributed by atoms with van der Waals surface area (Å²) in [6, 6.07) is 4.93. The van der Waals surface area contributed by atoms with Crippen molar-refractivity contribution in [3.8, 4) is 11.5 Å². The highest BCUT2D eigenvalue weighted by Crippen LogP contribution is 2.35. The Morgan fingerprint density at radius 3 is 2.81 bits per heavy atom. The number of hydrogen-bond donors (Lipinski definition) is 2. The molecule has 144 valence electrons. The van der Waals surface area contributed by atoms with Gasteiger partial charge in [0.15, 0.2) is 0 Å². The fourth-order valence-electron chi connectivity index (χ4n) is 2.91. The summed E-state index contributed by atoms with van der Waals surface area (Å²) in [5, 5.41) is 12.3. The van der Waals surface area contributed by atoms with Crippen LogP contribution < -0.4 is 19.7 Å². The summed E-state index contributed by atoms with van der Waals surface area (Å²) in [6.07, 6.45) is 2.81. The molecule has 2 amide bonds. The molecule has 1 aliphatic rings. The van der Waals surface area contributed by atoms with Crippen LogP contribution in [0.15, 0.2) is 18.2 Å². The lowest BCUT2D eigenvalue weighted by atomic mass is 10.1. The third-order valence-corrected chi connectivity index (χ3v) is 5.05. The van der Waals surface area contributed by atoms with Gasteiger partial charge in [0.2, 0.25) is 11.8 Å². The fourth-order valence-corrected chi connectivity index (χ4v) is 3.43. The monoisotopic (exact) mass is 382 g/mol. The number of nitrogens with one attached hydrogen (secondary N) is 1. The average molecular weight is 382 g/mol. The van der Waals surface area contributed by atoms with E-state index in [-0.39, 0.29) is 37.4 Å². The third-order valence-electron chi connectivity index (χ3n) is 4.41. The molecule has 0 unspecified atom stereocenters. The van der Waals surface area contributed by atoms with Crippen LogP contribution in [0.25, 0.3) is 0 Å². The Morgan fingerprint density at radius 2 is 2.19 bits per heavy atom. The quantitative estimate of drug-likeness (QED) is 0.669. The summed E-state index contributed by atoms with van der Waals surface area (Å²) in [6.45, 7) is 0.178. The van der Waals surface area contributed by atoms with Crippen molar-refractivity contribution in [3.63, 3.8) is 0 Å². The van der Waals surface area contributed by atoms with Crippen LogP contribution >= 0.6 is 11.8 Å². The summed E-state index contributed by atoms with van der Waals surface area (Å²) >= 11 is 1.66. The first-order valence-corrected chi connectivity index (χ1v) is 9.86. The van der Waals surface area contributed by atoms with Gasteiger partial charge in [0, 0.05) is 19.0 Å². The molecule has 1 aromatic rings. The summed E-state index contributed by atoms with van der Waals surface area (Å²) in [4.78, 5) is 26.5. The number of nitrogens with zero attached hydrogens (tertiary/aromatic N) is 1. The first-order valence-electron chi connectivity index (χ1n) is 8.46. The number of rotatable bonds is 9. The number of ether oxygens (including phenoxy) is 2. The summed E-state index contributed by atoms with van der Waals surface area (Å²) in [5.41, 5.74) is 0.620. The summed E-state index contributed by atoms with van der Waals surface area (Å²) < 4.78 is 10.5. The minimum atomic E-state index is -0.447. The van der Waals surface area contributed by atoms with Crippen LogP contribution in [0.1, 0.15) is 12.8 Å². The molecule has 0 radical (unpaired) electrons. The zero-order valence-electron chi connectivity index (χ0n) is 15.4. The van der Waals surface area contributed by atoms with E-state index in [9.17, 15) is 14.7 Å². The van der Waals surface area contributed by atoms with Crippen molar-refractivity contribution in [2.24, 2.45) is 5.92 Å². The highest BCUT2D eigenvalue weighted by atomic mass is 32.2. The second kappa shape index (κ2) is 9.68. The van der Waals surface area contributed by atoms with E-state index in [0.29, 0.717) is 23.6 Å². The second-order valence-electron chi connectivity index (χ2n) is 6.11. The van der Waals surface area contributed by atoms with Gasteiger partial charge in [-0.25, -0.2) is 0 Å². The number of aliphatic hydroxyl groups is 1. The first kappa shape index (κ1) is 20.4. The Morgan fingerprint density at radius 1 is 1.42 bits per heavy atom. The lowest BCUT2D eigenvalue weighted by Gasteiger charge is -2.21. The van der Waals surface area contributed by atoms with Crippen molar-refractivity contribution in [2.45, 2.75) is 18.9 Å². The van der Waals surface area contributed by atoms with Crippen LogP contribution in [0, 0.1) is 5.92 Å². The zero-order chi connectivity index (χ0) is 19.1. The number of amides is 2. The topological polar surface area (TPSA) is 88.1 Å². The van der Waals surface area contributed by atoms with E-state index in [0.717, 1.165) is 5.75 Å². The Balaban J connectivity index is 2.07. The molecule has 1 heterocycles. The first-order chi connectivity index (χ1) is 12.5. The van der Waals surface area contributed by atoms with Gasteiger partial charge in [0.25, 0.3) is 0 Å². The van der Waals surface area contributed by atoms with Gasteiger partial charge >= 0.3 is 0 Å². The molecular weight excluding hydrogens is 356 g/mol. The van der Waals surface area contributed by atoms with E-state index in [1.165, 1.54) is 7.11 Å². The van der Waals surface area contributed by atoms with E-state index in [1.54, 1.807) is 42.0 Å². The van der Waals surface area contributed by atoms with E-state index < -0.39 is 5.92 Å². The van der Waals surface area contributed by atoms with Crippen molar-refractivity contribution in [3.05, 3.63) is 18.2 Å². The molecule has 2 atom stereocenters. The van der Waals surface area contributed by atoms with Crippen LogP contribution in [-0.4, -0.2) is 62.3 Å². The number of carbonyl (C=O) groups is 2. The number of benzene rings is 1. The third kappa shape index (κ3) is 4.82. The lowest BCUT2D eigenvalue weighted by molar-refractivity contribution is -0.127. The van der Waals surface area contributed by atoms with Crippen molar-refractivity contribution < 1.29 is 24.2 Å². The van der Waals surface area contributed by atoms with Gasteiger partial charge in [0.05, 0.1) is 38.5 Å². The number of aliphatic hydroxyl groups excluding tert-OH is 1. The Kier molecular flexibility index (Phi) is 7.59. The van der Waals surface area contributed by atoms with Crippen molar-refractivity contribution in [1.29, 1.82) is 0 Å². The molecule has 1 fully saturated rings. The number of hydrogen-bond acceptors (Lipinski definition) is 6.